The van der Waals surface area contributed by atoms with Crippen LogP contribution in [0.25, 0.3) is 0 Å². The normalized spacial score (nSPS) is 12.0. The molecule has 0 fully saturated rings. The molecule has 128 valence electrons. The molecule has 1 amide bonds. The summed E-state index contributed by atoms with van der Waals surface area (Å²) in [6, 6.07) is 18.9. The first-order valence-electron chi connectivity index (χ1n) is 7.96. The molecule has 0 bridgehead atoms. The molecule has 0 aliphatic rings. The summed E-state index contributed by atoms with van der Waals surface area (Å²) in [5.41, 5.74) is 2.01. The maximum atomic E-state index is 12.2. The lowest BCUT2D eigenvalue weighted by molar-refractivity contribution is -0.117. The van der Waals surface area contributed by atoms with Crippen molar-refractivity contribution >= 4 is 5.91 Å². The molecule has 25 heavy (non-hydrogen) atoms. The van der Waals surface area contributed by atoms with Crippen molar-refractivity contribution < 1.29 is 9.53 Å². The van der Waals surface area contributed by atoms with Gasteiger partial charge >= 0.3 is 0 Å². The maximum Gasteiger partial charge on any atom is 0.263 e. The van der Waals surface area contributed by atoms with Gasteiger partial charge in [-0.3, -0.25) is 4.79 Å². The fourth-order valence-electron chi connectivity index (χ4n) is 2.30. The molecule has 2 rings (SSSR count). The van der Waals surface area contributed by atoms with E-state index in [1.54, 1.807) is 7.11 Å². The van der Waals surface area contributed by atoms with Crippen LogP contribution in [0.4, 0.5) is 0 Å². The van der Waals surface area contributed by atoms with Crippen LogP contribution in [-0.4, -0.2) is 13.0 Å². The molecule has 0 aliphatic heterocycles. The van der Waals surface area contributed by atoms with Crippen molar-refractivity contribution in [1.82, 2.24) is 10.6 Å². The maximum absolute atomic E-state index is 12.2. The number of amides is 1. The molecule has 0 aliphatic carbocycles. The number of nitrogens with zero attached hydrogens (tertiary/aromatic N) is 1. The Morgan fingerprint density at radius 1 is 1.24 bits per heavy atom. The summed E-state index contributed by atoms with van der Waals surface area (Å²) in [5, 5.41) is 15.0. The molecule has 1 unspecified atom stereocenters. The second-order valence-corrected chi connectivity index (χ2v) is 5.51. The van der Waals surface area contributed by atoms with Gasteiger partial charge in [-0.2, -0.15) is 5.26 Å². The Bertz CT molecular complexity index is 779. The van der Waals surface area contributed by atoms with Crippen molar-refractivity contribution in [2.75, 3.05) is 7.11 Å². The summed E-state index contributed by atoms with van der Waals surface area (Å²) in [7, 11) is 1.61. The van der Waals surface area contributed by atoms with Crippen molar-refractivity contribution in [2.24, 2.45) is 0 Å². The highest BCUT2D eigenvalue weighted by molar-refractivity contribution is 5.97. The lowest BCUT2D eigenvalue weighted by atomic mass is 10.1. The van der Waals surface area contributed by atoms with Crippen molar-refractivity contribution in [3.8, 4) is 11.8 Å². The summed E-state index contributed by atoms with van der Waals surface area (Å²) in [4.78, 5) is 12.2. The average Bonchev–Trinajstić information content (AvgIpc) is 2.66. The van der Waals surface area contributed by atoms with Crippen molar-refractivity contribution in [1.29, 1.82) is 5.26 Å². The minimum absolute atomic E-state index is 0.0330. The van der Waals surface area contributed by atoms with Crippen LogP contribution in [0, 0.1) is 11.3 Å². The molecule has 2 aromatic rings. The third-order valence-corrected chi connectivity index (χ3v) is 3.70. The van der Waals surface area contributed by atoms with Gasteiger partial charge in [0.15, 0.2) is 0 Å². The van der Waals surface area contributed by atoms with Crippen LogP contribution in [0.5, 0.6) is 5.75 Å². The molecule has 0 saturated heterocycles. The summed E-state index contributed by atoms with van der Waals surface area (Å²) in [5.74, 6) is 0.357. The van der Waals surface area contributed by atoms with Gasteiger partial charge in [0, 0.05) is 12.7 Å². The number of rotatable bonds is 7. The number of hydrogen-bond acceptors (Lipinski definition) is 4. The molecule has 0 spiro atoms. The first-order chi connectivity index (χ1) is 12.1. The molecule has 5 nitrogen and oxygen atoms in total. The summed E-state index contributed by atoms with van der Waals surface area (Å²) >= 11 is 0. The highest BCUT2D eigenvalue weighted by Gasteiger charge is 2.13. The lowest BCUT2D eigenvalue weighted by Gasteiger charge is -2.13. The fraction of sp³-hybridized carbons (Fsp3) is 0.200. The van der Waals surface area contributed by atoms with Crippen LogP contribution in [0.3, 0.4) is 0 Å². The molecule has 5 heteroatoms. The highest BCUT2D eigenvalue weighted by Crippen LogP contribution is 2.13. The molecule has 2 N–H and O–H groups in total. The van der Waals surface area contributed by atoms with E-state index in [0.29, 0.717) is 6.54 Å². The van der Waals surface area contributed by atoms with Gasteiger partial charge in [0.1, 0.15) is 17.4 Å². The second kappa shape index (κ2) is 9.14. The first-order valence-corrected chi connectivity index (χ1v) is 7.96. The molecule has 0 heterocycles. The Morgan fingerprint density at radius 2 is 2.00 bits per heavy atom. The van der Waals surface area contributed by atoms with Gasteiger partial charge in [-0.15, -0.1) is 0 Å². The predicted octanol–water partition coefficient (Wildman–Crippen LogP) is 3.07. The monoisotopic (exact) mass is 335 g/mol. The first kappa shape index (κ1) is 18.1. The van der Waals surface area contributed by atoms with E-state index in [-0.39, 0.29) is 11.6 Å². The van der Waals surface area contributed by atoms with Crippen LogP contribution >= 0.6 is 0 Å². The van der Waals surface area contributed by atoms with E-state index in [2.05, 4.69) is 10.6 Å². The second-order valence-electron chi connectivity index (χ2n) is 5.51. The Hall–Kier alpha value is -3.26. The van der Waals surface area contributed by atoms with E-state index in [1.807, 2.05) is 67.6 Å². The van der Waals surface area contributed by atoms with Gasteiger partial charge in [0.25, 0.3) is 5.91 Å². The van der Waals surface area contributed by atoms with Crippen LogP contribution in [0.15, 0.2) is 66.4 Å². The quantitative estimate of drug-likeness (QED) is 0.602. The fourth-order valence-corrected chi connectivity index (χ4v) is 2.30. The van der Waals surface area contributed by atoms with E-state index < -0.39 is 5.91 Å². The SMILES string of the molecule is COc1cccc(CN/C=C(/C#N)C(=O)NC(C)c2ccccc2)c1. The highest BCUT2D eigenvalue weighted by atomic mass is 16.5. The summed E-state index contributed by atoms with van der Waals surface area (Å²) < 4.78 is 5.17. The minimum Gasteiger partial charge on any atom is -0.497 e. The minimum atomic E-state index is -0.406. The topological polar surface area (TPSA) is 74.1 Å². The standard InChI is InChI=1S/C20H21N3O2/c1-15(17-8-4-3-5-9-17)23-20(24)18(12-21)14-22-13-16-7-6-10-19(11-16)25-2/h3-11,14-15,22H,13H2,1-2H3,(H,23,24)/b18-14-. The smallest absolute Gasteiger partial charge is 0.263 e. The number of carbonyl (C=O) groups excluding carboxylic acids is 1. The van der Waals surface area contributed by atoms with E-state index in [4.69, 9.17) is 4.74 Å². The van der Waals surface area contributed by atoms with Gasteiger partial charge in [-0.05, 0) is 30.2 Å². The molecule has 0 radical (unpaired) electrons. The number of hydrogen-bond donors (Lipinski definition) is 2. The summed E-state index contributed by atoms with van der Waals surface area (Å²) in [6.07, 6.45) is 1.44. The van der Waals surface area contributed by atoms with E-state index in [1.165, 1.54) is 6.20 Å². The predicted molar refractivity (Wildman–Crippen MR) is 96.5 cm³/mol. The van der Waals surface area contributed by atoms with Crippen LogP contribution < -0.4 is 15.4 Å². The number of benzene rings is 2. The third-order valence-electron chi connectivity index (χ3n) is 3.70. The van der Waals surface area contributed by atoms with Crippen LogP contribution in [-0.2, 0) is 11.3 Å². The van der Waals surface area contributed by atoms with Crippen molar-refractivity contribution in [3.05, 3.63) is 77.5 Å². The zero-order valence-corrected chi connectivity index (χ0v) is 14.3. The van der Waals surface area contributed by atoms with Crippen molar-refractivity contribution in [2.45, 2.75) is 19.5 Å². The Labute approximate surface area is 147 Å². The van der Waals surface area contributed by atoms with Gasteiger partial charge in [0.2, 0.25) is 0 Å². The number of methoxy groups -OCH3 is 1. The Balaban J connectivity index is 1.94. The van der Waals surface area contributed by atoms with Gasteiger partial charge < -0.3 is 15.4 Å². The molecular formula is C20H21N3O2. The van der Waals surface area contributed by atoms with E-state index >= 15 is 0 Å². The average molecular weight is 335 g/mol. The number of nitrogens with one attached hydrogen (secondary N) is 2. The number of ether oxygens (including phenoxy) is 1. The Kier molecular flexibility index (Phi) is 6.61. The van der Waals surface area contributed by atoms with Crippen LogP contribution in [0.2, 0.25) is 0 Å². The largest absolute Gasteiger partial charge is 0.497 e. The van der Waals surface area contributed by atoms with Gasteiger partial charge in [0.05, 0.1) is 13.2 Å². The third kappa shape index (κ3) is 5.40. The van der Waals surface area contributed by atoms with E-state index in [9.17, 15) is 10.1 Å². The Morgan fingerprint density at radius 3 is 2.68 bits per heavy atom. The molecule has 1 atom stereocenters. The zero-order chi connectivity index (χ0) is 18.1. The molecular weight excluding hydrogens is 314 g/mol. The van der Waals surface area contributed by atoms with E-state index in [0.717, 1.165) is 16.9 Å². The van der Waals surface area contributed by atoms with Crippen molar-refractivity contribution in [3.63, 3.8) is 0 Å². The van der Waals surface area contributed by atoms with Gasteiger partial charge in [-0.1, -0.05) is 42.5 Å². The lowest BCUT2D eigenvalue weighted by Crippen LogP contribution is -2.28. The zero-order valence-electron chi connectivity index (χ0n) is 14.3. The summed E-state index contributed by atoms with van der Waals surface area (Å²) in [6.45, 7) is 2.37. The molecule has 0 saturated carbocycles. The van der Waals surface area contributed by atoms with Crippen LogP contribution in [0.1, 0.15) is 24.1 Å². The number of carbonyl (C=O) groups is 1. The van der Waals surface area contributed by atoms with Gasteiger partial charge in [-0.25, -0.2) is 0 Å². The molecule has 2 aromatic carbocycles. The number of nitriles is 1. The molecule has 0 aromatic heterocycles.